The molecule has 0 aromatic heterocycles. The van der Waals surface area contributed by atoms with Crippen LogP contribution in [0.25, 0.3) is 0 Å². The molecular weight excluding hydrogens is 410 g/mol. The molecule has 1 amide bonds. The Balaban J connectivity index is 1.70. The maximum Gasteiger partial charge on any atom is 0.338 e. The molecule has 1 saturated heterocycles. The second-order valence-corrected chi connectivity index (χ2v) is 9.91. The molecule has 4 rings (SSSR count). The van der Waals surface area contributed by atoms with Gasteiger partial charge in [0.1, 0.15) is 5.60 Å². The van der Waals surface area contributed by atoms with Gasteiger partial charge in [0.15, 0.2) is 5.17 Å². The van der Waals surface area contributed by atoms with Crippen LogP contribution in [0.3, 0.4) is 0 Å². The topological polar surface area (TPSA) is 62.2 Å². The number of carbonyl (C=O) groups excluding carboxylic acids is 2. The van der Waals surface area contributed by atoms with Crippen LogP contribution in [0.2, 0.25) is 0 Å². The Hall–Kier alpha value is -2.54. The van der Waals surface area contributed by atoms with Crippen molar-refractivity contribution in [2.45, 2.75) is 58.6 Å². The minimum atomic E-state index is -0.611. The van der Waals surface area contributed by atoms with Crippen LogP contribution in [0.5, 0.6) is 0 Å². The van der Waals surface area contributed by atoms with E-state index < -0.39 is 5.60 Å². The third kappa shape index (κ3) is 4.56. The van der Waals surface area contributed by atoms with E-state index in [2.05, 4.69) is 0 Å². The zero-order chi connectivity index (χ0) is 22.2. The monoisotopic (exact) mass is 439 g/mol. The minimum absolute atomic E-state index is 0.127. The van der Waals surface area contributed by atoms with Crippen LogP contribution in [0.4, 0.5) is 0 Å². The number of hydrogen-bond donors (Lipinski definition) is 0. The predicted molar refractivity (Wildman–Crippen MR) is 123 cm³/mol. The largest absolute Gasteiger partial charge is 0.456 e. The Bertz CT molecular complexity index is 970. The molecule has 164 valence electrons. The molecule has 7 heteroatoms. The summed E-state index contributed by atoms with van der Waals surface area (Å²) in [5.41, 5.74) is 2.41. The number of esters is 1. The van der Waals surface area contributed by atoms with Crippen LogP contribution in [-0.2, 0) is 14.3 Å². The van der Waals surface area contributed by atoms with E-state index in [1.54, 1.807) is 0 Å². The molecule has 6 nitrogen and oxygen atoms in total. The highest BCUT2D eigenvalue weighted by atomic mass is 32.2. The standard InChI is InChI=1S/C24H29N3O3S/c1-16-20(22(29)30-24(2,3)4)21(17-10-6-5-7-11-17)27-18(15-31-23(27)25-16)14-19(28)26-12-8-9-13-26/h5-7,10-11,15,21H,8-9,12-14H2,1-4H3/t21-/m0/s1. The summed E-state index contributed by atoms with van der Waals surface area (Å²) in [5, 5.41) is 2.79. The lowest BCUT2D eigenvalue weighted by molar-refractivity contribution is -0.150. The van der Waals surface area contributed by atoms with Gasteiger partial charge in [-0.3, -0.25) is 4.79 Å². The predicted octanol–water partition coefficient (Wildman–Crippen LogP) is 4.62. The van der Waals surface area contributed by atoms with Gasteiger partial charge in [-0.25, -0.2) is 9.79 Å². The zero-order valence-corrected chi connectivity index (χ0v) is 19.4. The summed E-state index contributed by atoms with van der Waals surface area (Å²) in [4.78, 5) is 34.8. The van der Waals surface area contributed by atoms with Crippen molar-refractivity contribution in [1.82, 2.24) is 9.80 Å². The summed E-state index contributed by atoms with van der Waals surface area (Å²) >= 11 is 1.50. The molecule has 1 aromatic carbocycles. The maximum atomic E-state index is 13.3. The van der Waals surface area contributed by atoms with Gasteiger partial charge in [0.05, 0.1) is 23.7 Å². The normalized spacial score (nSPS) is 21.1. The molecule has 0 radical (unpaired) electrons. The minimum Gasteiger partial charge on any atom is -0.456 e. The summed E-state index contributed by atoms with van der Waals surface area (Å²) in [6, 6.07) is 9.52. The number of fused-ring (bicyclic) bond motifs is 1. The maximum absolute atomic E-state index is 13.3. The Morgan fingerprint density at radius 3 is 2.48 bits per heavy atom. The first-order chi connectivity index (χ1) is 14.7. The lowest BCUT2D eigenvalue weighted by Crippen LogP contribution is -2.39. The molecule has 0 N–H and O–H groups in total. The van der Waals surface area contributed by atoms with E-state index in [4.69, 9.17) is 9.73 Å². The Labute approximate surface area is 188 Å². The number of nitrogens with zero attached hydrogens (tertiary/aromatic N) is 3. The van der Waals surface area contributed by atoms with Crippen LogP contribution < -0.4 is 0 Å². The van der Waals surface area contributed by atoms with Crippen molar-refractivity contribution in [3.8, 4) is 0 Å². The molecule has 0 spiro atoms. The van der Waals surface area contributed by atoms with Gasteiger partial charge < -0.3 is 14.5 Å². The summed E-state index contributed by atoms with van der Waals surface area (Å²) in [6.07, 6.45) is 2.43. The number of allylic oxidation sites excluding steroid dienone is 1. The fourth-order valence-electron chi connectivity index (χ4n) is 4.15. The molecule has 1 aromatic rings. The number of amides is 1. The Kier molecular flexibility index (Phi) is 5.97. The molecule has 0 unspecified atom stereocenters. The molecule has 3 aliphatic rings. The van der Waals surface area contributed by atoms with E-state index in [1.807, 2.05) is 73.2 Å². The second kappa shape index (κ2) is 8.54. The van der Waals surface area contributed by atoms with Gasteiger partial charge in [-0.1, -0.05) is 42.1 Å². The summed E-state index contributed by atoms with van der Waals surface area (Å²) in [5.74, 6) is -0.244. The highest BCUT2D eigenvalue weighted by Crippen LogP contribution is 2.45. The smallest absolute Gasteiger partial charge is 0.338 e. The summed E-state index contributed by atoms with van der Waals surface area (Å²) in [6.45, 7) is 9.09. The number of benzene rings is 1. The molecule has 0 bridgehead atoms. The van der Waals surface area contributed by atoms with Gasteiger partial charge in [0.2, 0.25) is 5.91 Å². The average molecular weight is 440 g/mol. The quantitative estimate of drug-likeness (QED) is 0.641. The highest BCUT2D eigenvalue weighted by Gasteiger charge is 2.42. The fraction of sp³-hybridized carbons (Fsp3) is 0.458. The number of thioether (sulfide) groups is 1. The second-order valence-electron chi connectivity index (χ2n) is 9.07. The van der Waals surface area contributed by atoms with Gasteiger partial charge in [-0.05, 0) is 51.5 Å². The number of likely N-dealkylation sites (tertiary alicyclic amines) is 1. The van der Waals surface area contributed by atoms with Crippen LogP contribution >= 0.6 is 11.8 Å². The Morgan fingerprint density at radius 2 is 1.84 bits per heavy atom. The first kappa shape index (κ1) is 21.7. The van der Waals surface area contributed by atoms with Crippen LogP contribution in [-0.4, -0.2) is 45.5 Å². The third-order valence-electron chi connectivity index (χ3n) is 5.53. The van der Waals surface area contributed by atoms with Gasteiger partial charge >= 0.3 is 5.97 Å². The fourth-order valence-corrected chi connectivity index (χ4v) is 5.11. The van der Waals surface area contributed by atoms with Crippen molar-refractivity contribution in [1.29, 1.82) is 0 Å². The van der Waals surface area contributed by atoms with E-state index in [0.717, 1.165) is 42.4 Å². The zero-order valence-electron chi connectivity index (χ0n) is 18.6. The van der Waals surface area contributed by atoms with Gasteiger partial charge in [0, 0.05) is 18.8 Å². The number of aliphatic imine (C=N–C) groups is 1. The van der Waals surface area contributed by atoms with Crippen molar-refractivity contribution in [2.75, 3.05) is 13.1 Å². The third-order valence-corrected chi connectivity index (χ3v) is 6.41. The lowest BCUT2D eigenvalue weighted by atomic mass is 9.93. The lowest BCUT2D eigenvalue weighted by Gasteiger charge is -2.37. The number of rotatable bonds is 4. The first-order valence-electron chi connectivity index (χ1n) is 10.7. The molecule has 31 heavy (non-hydrogen) atoms. The van der Waals surface area contributed by atoms with Gasteiger partial charge in [0.25, 0.3) is 0 Å². The van der Waals surface area contributed by atoms with Gasteiger partial charge in [-0.15, -0.1) is 0 Å². The van der Waals surface area contributed by atoms with Crippen LogP contribution in [0.15, 0.2) is 57.7 Å². The van der Waals surface area contributed by atoms with Gasteiger partial charge in [-0.2, -0.15) is 0 Å². The van der Waals surface area contributed by atoms with Crippen molar-refractivity contribution in [3.05, 3.63) is 58.3 Å². The van der Waals surface area contributed by atoms with Crippen molar-refractivity contribution < 1.29 is 14.3 Å². The molecule has 0 saturated carbocycles. The number of amidine groups is 1. The van der Waals surface area contributed by atoms with E-state index >= 15 is 0 Å². The van der Waals surface area contributed by atoms with E-state index in [0.29, 0.717) is 17.7 Å². The van der Waals surface area contributed by atoms with Crippen LogP contribution in [0, 0.1) is 0 Å². The van der Waals surface area contributed by atoms with Crippen molar-refractivity contribution >= 4 is 28.8 Å². The SMILES string of the molecule is CC1=C(C(=O)OC(C)(C)C)[C@H](c2ccccc2)N2C(CC(=O)N3CCCC3)=CSC2=N1. The Morgan fingerprint density at radius 1 is 1.16 bits per heavy atom. The average Bonchev–Trinajstić information content (AvgIpc) is 3.37. The van der Waals surface area contributed by atoms with Crippen LogP contribution in [0.1, 0.15) is 58.6 Å². The molecule has 1 fully saturated rings. The molecule has 0 aliphatic carbocycles. The van der Waals surface area contributed by atoms with Crippen molar-refractivity contribution in [3.63, 3.8) is 0 Å². The molecule has 3 heterocycles. The van der Waals surface area contributed by atoms with Crippen molar-refractivity contribution in [2.24, 2.45) is 4.99 Å². The molecular formula is C24H29N3O3S. The number of hydrogen-bond acceptors (Lipinski definition) is 6. The summed E-state index contributed by atoms with van der Waals surface area (Å²) in [7, 11) is 0. The molecule has 1 atom stereocenters. The number of carbonyl (C=O) groups is 2. The van der Waals surface area contributed by atoms with E-state index in [1.165, 1.54) is 11.8 Å². The first-order valence-corrected chi connectivity index (χ1v) is 11.6. The summed E-state index contributed by atoms with van der Waals surface area (Å²) < 4.78 is 5.75. The highest BCUT2D eigenvalue weighted by molar-refractivity contribution is 8.16. The molecule has 3 aliphatic heterocycles. The van der Waals surface area contributed by atoms with E-state index in [-0.39, 0.29) is 17.9 Å². The van der Waals surface area contributed by atoms with E-state index in [9.17, 15) is 9.59 Å². The number of ether oxygens (including phenoxy) is 1.